The molecule has 1 aliphatic rings. The predicted octanol–water partition coefficient (Wildman–Crippen LogP) is 3.02. The van der Waals surface area contributed by atoms with Crippen LogP contribution in [0.4, 0.5) is 4.39 Å². The third kappa shape index (κ3) is 2.05. The molecule has 3 heteroatoms. The Bertz CT molecular complexity index is 397. The second-order valence-electron chi connectivity index (χ2n) is 5.50. The van der Waals surface area contributed by atoms with Crippen LogP contribution in [0, 0.1) is 11.2 Å². The molecule has 1 aromatic rings. The monoisotopic (exact) mass is 223 g/mol. The summed E-state index contributed by atoms with van der Waals surface area (Å²) in [5, 5.41) is 0. The van der Waals surface area contributed by atoms with Gasteiger partial charge in [0.05, 0.1) is 0 Å². The maximum atomic E-state index is 13.1. The van der Waals surface area contributed by atoms with E-state index in [1.165, 1.54) is 12.1 Å². The lowest BCUT2D eigenvalue weighted by atomic mass is 9.82. The zero-order valence-electron chi connectivity index (χ0n) is 9.96. The van der Waals surface area contributed by atoms with E-state index in [1.54, 1.807) is 6.07 Å². The Labute approximate surface area is 95.6 Å². The molecule has 0 saturated heterocycles. The number of benzene rings is 1. The first kappa shape index (κ1) is 11.4. The highest BCUT2D eigenvalue weighted by molar-refractivity contribution is 5.38. The van der Waals surface area contributed by atoms with Crippen molar-refractivity contribution in [2.24, 2.45) is 11.1 Å². The van der Waals surface area contributed by atoms with Crippen LogP contribution in [0.1, 0.15) is 38.8 Å². The molecular formula is C13H18FNO. The molecule has 0 aliphatic carbocycles. The van der Waals surface area contributed by atoms with Crippen molar-refractivity contribution in [2.75, 3.05) is 0 Å². The van der Waals surface area contributed by atoms with Crippen LogP contribution in [0.3, 0.4) is 0 Å². The van der Waals surface area contributed by atoms with Gasteiger partial charge in [0, 0.05) is 18.0 Å². The van der Waals surface area contributed by atoms with Crippen LogP contribution < -0.4 is 10.5 Å². The minimum absolute atomic E-state index is 0.0453. The third-order valence-electron chi connectivity index (χ3n) is 3.07. The molecular weight excluding hydrogens is 205 g/mol. The molecule has 0 radical (unpaired) electrons. The summed E-state index contributed by atoms with van der Waals surface area (Å²) in [6.07, 6.45) is 0.820. The van der Waals surface area contributed by atoms with Gasteiger partial charge in [-0.3, -0.25) is 0 Å². The molecule has 2 N–H and O–H groups in total. The molecule has 1 heterocycles. The van der Waals surface area contributed by atoms with Crippen molar-refractivity contribution in [3.63, 3.8) is 0 Å². The van der Waals surface area contributed by atoms with Gasteiger partial charge in [-0.05, 0) is 23.6 Å². The van der Waals surface area contributed by atoms with E-state index in [0.29, 0.717) is 0 Å². The standard InChI is InChI=1S/C13H18FNO/c1-13(2,3)12-7-10(15)9-6-8(14)4-5-11(9)16-12/h4-6,10,12H,7,15H2,1-3H3/t10-,12-/m0/s1. The average Bonchev–Trinajstić information content (AvgIpc) is 2.17. The van der Waals surface area contributed by atoms with Crippen LogP contribution in [0.5, 0.6) is 5.75 Å². The molecule has 2 rings (SSSR count). The third-order valence-corrected chi connectivity index (χ3v) is 3.07. The Morgan fingerprint density at radius 1 is 1.38 bits per heavy atom. The summed E-state index contributed by atoms with van der Waals surface area (Å²) in [7, 11) is 0. The number of hydrogen-bond donors (Lipinski definition) is 1. The molecule has 88 valence electrons. The Morgan fingerprint density at radius 2 is 2.06 bits per heavy atom. The van der Waals surface area contributed by atoms with E-state index in [9.17, 15) is 4.39 Å². The maximum Gasteiger partial charge on any atom is 0.124 e. The number of nitrogens with two attached hydrogens (primary N) is 1. The first-order valence-electron chi connectivity index (χ1n) is 5.59. The summed E-state index contributed by atoms with van der Waals surface area (Å²) in [4.78, 5) is 0. The van der Waals surface area contributed by atoms with Crippen molar-refractivity contribution in [2.45, 2.75) is 39.3 Å². The quantitative estimate of drug-likeness (QED) is 0.733. The Hall–Kier alpha value is -1.09. The van der Waals surface area contributed by atoms with E-state index in [4.69, 9.17) is 10.5 Å². The molecule has 16 heavy (non-hydrogen) atoms. The Morgan fingerprint density at radius 3 is 2.69 bits per heavy atom. The van der Waals surface area contributed by atoms with E-state index in [-0.39, 0.29) is 23.4 Å². The van der Waals surface area contributed by atoms with Crippen LogP contribution in [-0.4, -0.2) is 6.10 Å². The fourth-order valence-electron chi connectivity index (χ4n) is 2.01. The highest BCUT2D eigenvalue weighted by Gasteiger charge is 2.34. The number of ether oxygens (including phenoxy) is 1. The lowest BCUT2D eigenvalue weighted by Gasteiger charge is -2.37. The van der Waals surface area contributed by atoms with Crippen LogP contribution in [0.15, 0.2) is 18.2 Å². The van der Waals surface area contributed by atoms with Crippen molar-refractivity contribution >= 4 is 0 Å². The largest absolute Gasteiger partial charge is 0.489 e. The zero-order chi connectivity index (χ0) is 11.9. The van der Waals surface area contributed by atoms with Crippen molar-refractivity contribution in [3.8, 4) is 5.75 Å². The minimum atomic E-state index is -0.257. The molecule has 0 saturated carbocycles. The van der Waals surface area contributed by atoms with Crippen molar-refractivity contribution in [1.29, 1.82) is 0 Å². The lowest BCUT2D eigenvalue weighted by molar-refractivity contribution is 0.0579. The number of halogens is 1. The highest BCUT2D eigenvalue weighted by atomic mass is 19.1. The molecule has 0 aromatic heterocycles. The van der Waals surface area contributed by atoms with E-state index in [0.717, 1.165) is 17.7 Å². The summed E-state index contributed by atoms with van der Waals surface area (Å²) in [5.74, 6) is 0.465. The average molecular weight is 223 g/mol. The summed E-state index contributed by atoms with van der Waals surface area (Å²) >= 11 is 0. The van der Waals surface area contributed by atoms with Crippen LogP contribution in [0.25, 0.3) is 0 Å². The van der Waals surface area contributed by atoms with Gasteiger partial charge in [0.1, 0.15) is 17.7 Å². The van der Waals surface area contributed by atoms with Gasteiger partial charge in [-0.25, -0.2) is 4.39 Å². The van der Waals surface area contributed by atoms with Crippen LogP contribution in [0.2, 0.25) is 0 Å². The molecule has 0 bridgehead atoms. The van der Waals surface area contributed by atoms with Crippen molar-refractivity contribution in [3.05, 3.63) is 29.6 Å². The van der Waals surface area contributed by atoms with Gasteiger partial charge in [0.15, 0.2) is 0 Å². The molecule has 1 aromatic carbocycles. The molecule has 0 spiro atoms. The van der Waals surface area contributed by atoms with Gasteiger partial charge >= 0.3 is 0 Å². The Kier molecular flexibility index (Phi) is 2.66. The fourth-order valence-corrected chi connectivity index (χ4v) is 2.01. The van der Waals surface area contributed by atoms with Gasteiger partial charge in [-0.1, -0.05) is 20.8 Å². The lowest BCUT2D eigenvalue weighted by Crippen LogP contribution is -2.38. The fraction of sp³-hybridized carbons (Fsp3) is 0.538. The van der Waals surface area contributed by atoms with Gasteiger partial charge in [0.2, 0.25) is 0 Å². The zero-order valence-corrected chi connectivity index (χ0v) is 9.96. The Balaban J connectivity index is 2.34. The number of fused-ring (bicyclic) bond motifs is 1. The first-order chi connectivity index (χ1) is 7.38. The second-order valence-corrected chi connectivity index (χ2v) is 5.50. The number of rotatable bonds is 0. The molecule has 0 fully saturated rings. The SMILES string of the molecule is CC(C)(C)[C@@H]1C[C@H](N)c2cc(F)ccc2O1. The van der Waals surface area contributed by atoms with Crippen molar-refractivity contribution in [1.82, 2.24) is 0 Å². The first-order valence-corrected chi connectivity index (χ1v) is 5.59. The summed E-state index contributed by atoms with van der Waals surface area (Å²) in [6.45, 7) is 6.37. The summed E-state index contributed by atoms with van der Waals surface area (Å²) < 4.78 is 19.0. The molecule has 0 amide bonds. The normalized spacial score (nSPS) is 24.8. The predicted molar refractivity (Wildman–Crippen MR) is 61.8 cm³/mol. The van der Waals surface area contributed by atoms with E-state index >= 15 is 0 Å². The van der Waals surface area contributed by atoms with Gasteiger partial charge in [0.25, 0.3) is 0 Å². The summed E-state index contributed by atoms with van der Waals surface area (Å²) in [5.41, 5.74) is 6.88. The van der Waals surface area contributed by atoms with E-state index in [1.807, 2.05) is 0 Å². The van der Waals surface area contributed by atoms with E-state index < -0.39 is 0 Å². The summed E-state index contributed by atoms with van der Waals surface area (Å²) in [6, 6.07) is 4.42. The highest BCUT2D eigenvalue weighted by Crippen LogP contribution is 2.39. The minimum Gasteiger partial charge on any atom is -0.489 e. The van der Waals surface area contributed by atoms with Gasteiger partial charge in [-0.15, -0.1) is 0 Å². The molecule has 0 unspecified atom stereocenters. The maximum absolute atomic E-state index is 13.1. The van der Waals surface area contributed by atoms with E-state index in [2.05, 4.69) is 20.8 Å². The molecule has 2 atom stereocenters. The van der Waals surface area contributed by atoms with Gasteiger partial charge in [-0.2, -0.15) is 0 Å². The smallest absolute Gasteiger partial charge is 0.124 e. The van der Waals surface area contributed by atoms with Crippen LogP contribution >= 0.6 is 0 Å². The van der Waals surface area contributed by atoms with Crippen LogP contribution in [-0.2, 0) is 0 Å². The van der Waals surface area contributed by atoms with Gasteiger partial charge < -0.3 is 10.5 Å². The topological polar surface area (TPSA) is 35.2 Å². The molecule has 1 aliphatic heterocycles. The molecule has 2 nitrogen and oxygen atoms in total. The second kappa shape index (κ2) is 3.74. The number of hydrogen-bond acceptors (Lipinski definition) is 2. The van der Waals surface area contributed by atoms with Crippen molar-refractivity contribution < 1.29 is 9.13 Å².